The fourth-order valence-electron chi connectivity index (χ4n) is 2.60. The standard InChI is InChI=1S/C19H18O2/c1-13-8-9-18-16(10-13)17(20)12-19(21-18)14(2)11-15-6-4-3-5-7-15/h3-11,19H,12H2,1-2H3/b14-11+/t19-/m0/s1. The fourth-order valence-corrected chi connectivity index (χ4v) is 2.60. The number of aryl methyl sites for hydroxylation is 1. The molecule has 21 heavy (non-hydrogen) atoms. The summed E-state index contributed by atoms with van der Waals surface area (Å²) in [6.07, 6.45) is 2.32. The first kappa shape index (κ1) is 13.6. The molecule has 0 bridgehead atoms. The summed E-state index contributed by atoms with van der Waals surface area (Å²) in [5, 5.41) is 0. The molecule has 3 rings (SSSR count). The van der Waals surface area contributed by atoms with Gasteiger partial charge in [0.05, 0.1) is 12.0 Å². The molecule has 0 spiro atoms. The summed E-state index contributed by atoms with van der Waals surface area (Å²) in [4.78, 5) is 12.3. The first-order valence-corrected chi connectivity index (χ1v) is 7.17. The second kappa shape index (κ2) is 5.57. The molecule has 0 unspecified atom stereocenters. The van der Waals surface area contributed by atoms with Crippen LogP contribution in [-0.4, -0.2) is 11.9 Å². The molecule has 1 atom stereocenters. The molecule has 0 radical (unpaired) electrons. The summed E-state index contributed by atoms with van der Waals surface area (Å²) < 4.78 is 6.00. The maximum absolute atomic E-state index is 12.3. The van der Waals surface area contributed by atoms with Crippen molar-refractivity contribution in [2.24, 2.45) is 0 Å². The molecule has 0 aliphatic carbocycles. The predicted octanol–water partition coefficient (Wildman–Crippen LogP) is 4.43. The van der Waals surface area contributed by atoms with Crippen molar-refractivity contribution in [1.82, 2.24) is 0 Å². The zero-order valence-corrected chi connectivity index (χ0v) is 12.3. The highest BCUT2D eigenvalue weighted by atomic mass is 16.5. The highest BCUT2D eigenvalue weighted by Gasteiger charge is 2.27. The number of rotatable bonds is 2. The Hall–Kier alpha value is -2.35. The molecule has 1 aliphatic heterocycles. The van der Waals surface area contributed by atoms with Crippen molar-refractivity contribution in [3.05, 3.63) is 70.8 Å². The molecule has 2 heteroatoms. The van der Waals surface area contributed by atoms with Gasteiger partial charge in [-0.15, -0.1) is 0 Å². The SMILES string of the molecule is C/C(=C\c1ccccc1)[C@@H]1CC(=O)c2cc(C)ccc2O1. The van der Waals surface area contributed by atoms with Crippen molar-refractivity contribution in [3.8, 4) is 5.75 Å². The van der Waals surface area contributed by atoms with Crippen LogP contribution in [0.4, 0.5) is 0 Å². The van der Waals surface area contributed by atoms with Crippen LogP contribution < -0.4 is 4.74 Å². The summed E-state index contributed by atoms with van der Waals surface area (Å²) >= 11 is 0. The van der Waals surface area contributed by atoms with Gasteiger partial charge >= 0.3 is 0 Å². The quantitative estimate of drug-likeness (QED) is 0.812. The smallest absolute Gasteiger partial charge is 0.170 e. The van der Waals surface area contributed by atoms with Gasteiger partial charge in [0.15, 0.2) is 5.78 Å². The summed E-state index contributed by atoms with van der Waals surface area (Å²) in [5.41, 5.74) is 3.99. The van der Waals surface area contributed by atoms with E-state index in [9.17, 15) is 4.79 Å². The highest BCUT2D eigenvalue weighted by Crippen LogP contribution is 2.31. The topological polar surface area (TPSA) is 26.3 Å². The molecule has 0 aromatic heterocycles. The minimum absolute atomic E-state index is 0.158. The molecule has 1 aliphatic rings. The van der Waals surface area contributed by atoms with Crippen LogP contribution in [0.5, 0.6) is 5.75 Å². The first-order chi connectivity index (χ1) is 10.1. The maximum atomic E-state index is 12.3. The Morgan fingerprint density at radius 2 is 1.95 bits per heavy atom. The second-order valence-electron chi connectivity index (χ2n) is 5.53. The van der Waals surface area contributed by atoms with Gasteiger partial charge in [-0.3, -0.25) is 4.79 Å². The van der Waals surface area contributed by atoms with E-state index in [4.69, 9.17) is 4.74 Å². The van der Waals surface area contributed by atoms with Crippen molar-refractivity contribution >= 4 is 11.9 Å². The molecule has 0 saturated heterocycles. The van der Waals surface area contributed by atoms with Crippen LogP contribution in [0.2, 0.25) is 0 Å². The number of benzene rings is 2. The zero-order valence-electron chi connectivity index (χ0n) is 12.3. The Morgan fingerprint density at radius 1 is 1.19 bits per heavy atom. The number of ether oxygens (including phenoxy) is 1. The summed E-state index contributed by atoms with van der Waals surface area (Å²) in [5.74, 6) is 0.855. The van der Waals surface area contributed by atoms with Crippen molar-refractivity contribution in [1.29, 1.82) is 0 Å². The molecule has 0 N–H and O–H groups in total. The van der Waals surface area contributed by atoms with E-state index in [2.05, 4.69) is 6.08 Å². The van der Waals surface area contributed by atoms with Gasteiger partial charge in [-0.05, 0) is 37.1 Å². The number of Topliss-reactive ketones (excluding diaryl/α,β-unsaturated/α-hetero) is 1. The number of carbonyl (C=O) groups is 1. The van der Waals surface area contributed by atoms with Crippen molar-refractivity contribution in [3.63, 3.8) is 0 Å². The summed E-state index contributed by atoms with van der Waals surface area (Å²) in [6.45, 7) is 4.00. The van der Waals surface area contributed by atoms with Crippen molar-refractivity contribution < 1.29 is 9.53 Å². The second-order valence-corrected chi connectivity index (χ2v) is 5.53. The van der Waals surface area contributed by atoms with Crippen LogP contribution in [0.3, 0.4) is 0 Å². The fraction of sp³-hybridized carbons (Fsp3) is 0.211. The average Bonchev–Trinajstić information content (AvgIpc) is 2.49. The number of fused-ring (bicyclic) bond motifs is 1. The van der Waals surface area contributed by atoms with E-state index < -0.39 is 0 Å². The molecule has 2 aromatic rings. The van der Waals surface area contributed by atoms with E-state index in [0.29, 0.717) is 17.7 Å². The van der Waals surface area contributed by atoms with Crippen molar-refractivity contribution in [2.75, 3.05) is 0 Å². The lowest BCUT2D eigenvalue weighted by atomic mass is 9.95. The third-order valence-corrected chi connectivity index (χ3v) is 3.78. The van der Waals surface area contributed by atoms with Gasteiger partial charge in [-0.2, -0.15) is 0 Å². The molecule has 2 aromatic carbocycles. The largest absolute Gasteiger partial charge is 0.485 e. The Kier molecular flexibility index (Phi) is 3.61. The van der Waals surface area contributed by atoms with Crippen LogP contribution in [0.1, 0.15) is 34.8 Å². The average molecular weight is 278 g/mol. The molecule has 106 valence electrons. The van der Waals surface area contributed by atoms with Gasteiger partial charge < -0.3 is 4.74 Å². The van der Waals surface area contributed by atoms with Gasteiger partial charge in [0.25, 0.3) is 0 Å². The zero-order chi connectivity index (χ0) is 14.8. The Bertz CT molecular complexity index is 699. The normalized spacial score (nSPS) is 18.1. The molecule has 1 heterocycles. The van der Waals surface area contributed by atoms with Gasteiger partial charge in [0.2, 0.25) is 0 Å². The molecule has 0 fully saturated rings. The monoisotopic (exact) mass is 278 g/mol. The molecular weight excluding hydrogens is 260 g/mol. The van der Waals surface area contributed by atoms with E-state index >= 15 is 0 Å². The number of hydrogen-bond acceptors (Lipinski definition) is 2. The summed E-state index contributed by atoms with van der Waals surface area (Å²) in [7, 11) is 0. The van der Waals surface area contributed by atoms with Crippen LogP contribution in [-0.2, 0) is 0 Å². The van der Waals surface area contributed by atoms with Crippen LogP contribution in [0.25, 0.3) is 6.08 Å². The lowest BCUT2D eigenvalue weighted by Crippen LogP contribution is -2.27. The van der Waals surface area contributed by atoms with E-state index in [-0.39, 0.29) is 11.9 Å². The van der Waals surface area contributed by atoms with Gasteiger partial charge in [0, 0.05) is 0 Å². The number of carbonyl (C=O) groups excluding carboxylic acids is 1. The van der Waals surface area contributed by atoms with E-state index in [0.717, 1.165) is 16.7 Å². The third-order valence-electron chi connectivity index (χ3n) is 3.78. The minimum atomic E-state index is -0.173. The molecule has 2 nitrogen and oxygen atoms in total. The number of ketones is 1. The van der Waals surface area contributed by atoms with Crippen LogP contribution in [0.15, 0.2) is 54.1 Å². The van der Waals surface area contributed by atoms with Crippen LogP contribution >= 0.6 is 0 Å². The first-order valence-electron chi connectivity index (χ1n) is 7.17. The van der Waals surface area contributed by atoms with Crippen LogP contribution in [0, 0.1) is 6.92 Å². The Labute approximate surface area is 125 Å². The van der Waals surface area contributed by atoms with Gasteiger partial charge in [-0.25, -0.2) is 0 Å². The number of hydrogen-bond donors (Lipinski definition) is 0. The van der Waals surface area contributed by atoms with E-state index in [1.165, 1.54) is 0 Å². The van der Waals surface area contributed by atoms with Crippen molar-refractivity contribution in [2.45, 2.75) is 26.4 Å². The lowest BCUT2D eigenvalue weighted by Gasteiger charge is -2.26. The lowest BCUT2D eigenvalue weighted by molar-refractivity contribution is 0.0885. The molecule has 0 amide bonds. The molecular formula is C19H18O2. The van der Waals surface area contributed by atoms with E-state index in [1.54, 1.807) is 0 Å². The predicted molar refractivity (Wildman–Crippen MR) is 84.6 cm³/mol. The minimum Gasteiger partial charge on any atom is -0.485 e. The van der Waals surface area contributed by atoms with Gasteiger partial charge in [-0.1, -0.05) is 48.0 Å². The third kappa shape index (κ3) is 2.89. The highest BCUT2D eigenvalue weighted by molar-refractivity contribution is 6.00. The van der Waals surface area contributed by atoms with Gasteiger partial charge in [0.1, 0.15) is 11.9 Å². The maximum Gasteiger partial charge on any atom is 0.170 e. The summed E-state index contributed by atoms with van der Waals surface area (Å²) in [6, 6.07) is 15.9. The Morgan fingerprint density at radius 3 is 2.71 bits per heavy atom. The van der Waals surface area contributed by atoms with E-state index in [1.807, 2.05) is 62.4 Å². The molecule has 0 saturated carbocycles. The Balaban J connectivity index is 1.87.